The Hall–Kier alpha value is -0.910. The molecule has 0 fully saturated rings. The fourth-order valence-corrected chi connectivity index (χ4v) is 4.55. The molecule has 1 aliphatic rings. The third kappa shape index (κ3) is 2.30. The van der Waals surface area contributed by atoms with Crippen LogP contribution in [0.25, 0.3) is 0 Å². The summed E-state index contributed by atoms with van der Waals surface area (Å²) >= 11 is 3.47. The van der Waals surface area contributed by atoms with Crippen LogP contribution in [-0.4, -0.2) is 22.5 Å². The standard InChI is InChI=1S/C13H15N3S2/c1-14-12-10-5-3-2-4-9(10)6-7-11(12)18-13-16-15-8-17-13/h2-5,8,11-12,14H,6-7H2,1H3. The molecule has 2 atom stereocenters. The maximum Gasteiger partial charge on any atom is 0.174 e. The fraction of sp³-hybridized carbons (Fsp3) is 0.385. The smallest absolute Gasteiger partial charge is 0.174 e. The number of nitrogens with one attached hydrogen (secondary N) is 1. The Morgan fingerprint density at radius 3 is 3.06 bits per heavy atom. The number of hydrogen-bond donors (Lipinski definition) is 1. The number of aryl methyl sites for hydroxylation is 1. The first kappa shape index (κ1) is 12.1. The summed E-state index contributed by atoms with van der Waals surface area (Å²) in [5.74, 6) is 0. The minimum Gasteiger partial charge on any atom is -0.312 e. The summed E-state index contributed by atoms with van der Waals surface area (Å²) in [6.45, 7) is 0. The van der Waals surface area contributed by atoms with Crippen LogP contribution < -0.4 is 5.32 Å². The number of rotatable bonds is 3. The molecule has 1 heterocycles. The molecule has 0 amide bonds. The highest BCUT2D eigenvalue weighted by Crippen LogP contribution is 2.40. The first-order valence-corrected chi connectivity index (χ1v) is 7.82. The van der Waals surface area contributed by atoms with Crippen LogP contribution in [0.4, 0.5) is 0 Å². The Balaban J connectivity index is 1.85. The topological polar surface area (TPSA) is 37.8 Å². The third-order valence-electron chi connectivity index (χ3n) is 3.36. The van der Waals surface area contributed by atoms with Gasteiger partial charge in [-0.3, -0.25) is 0 Å². The van der Waals surface area contributed by atoms with Crippen molar-refractivity contribution in [3.05, 3.63) is 40.9 Å². The highest BCUT2D eigenvalue weighted by molar-refractivity contribution is 8.01. The molecule has 1 N–H and O–H groups in total. The van der Waals surface area contributed by atoms with Crippen molar-refractivity contribution in [2.45, 2.75) is 28.5 Å². The lowest BCUT2D eigenvalue weighted by Crippen LogP contribution is -2.32. The van der Waals surface area contributed by atoms with Gasteiger partial charge in [-0.05, 0) is 31.0 Å². The van der Waals surface area contributed by atoms with Crippen molar-refractivity contribution in [1.82, 2.24) is 15.5 Å². The lowest BCUT2D eigenvalue weighted by atomic mass is 9.87. The Bertz CT molecular complexity index is 513. The summed E-state index contributed by atoms with van der Waals surface area (Å²) in [6.07, 6.45) is 2.34. The van der Waals surface area contributed by atoms with E-state index in [0.717, 1.165) is 10.8 Å². The highest BCUT2D eigenvalue weighted by atomic mass is 32.2. The Kier molecular flexibility index (Phi) is 3.63. The summed E-state index contributed by atoms with van der Waals surface area (Å²) in [4.78, 5) is 0. The molecule has 2 aromatic rings. The van der Waals surface area contributed by atoms with Gasteiger partial charge in [-0.25, -0.2) is 0 Å². The molecule has 94 valence electrons. The van der Waals surface area contributed by atoms with Crippen molar-refractivity contribution >= 4 is 23.1 Å². The molecule has 18 heavy (non-hydrogen) atoms. The first-order valence-electron chi connectivity index (χ1n) is 6.06. The van der Waals surface area contributed by atoms with Crippen molar-refractivity contribution in [3.63, 3.8) is 0 Å². The van der Waals surface area contributed by atoms with Crippen molar-refractivity contribution < 1.29 is 0 Å². The number of hydrogen-bond acceptors (Lipinski definition) is 5. The number of thioether (sulfide) groups is 1. The van der Waals surface area contributed by atoms with Gasteiger partial charge in [0.25, 0.3) is 0 Å². The second-order valence-corrected chi connectivity index (χ2v) is 6.68. The predicted molar refractivity (Wildman–Crippen MR) is 76.1 cm³/mol. The van der Waals surface area contributed by atoms with E-state index in [1.54, 1.807) is 16.8 Å². The molecule has 0 aliphatic heterocycles. The minimum atomic E-state index is 0.406. The van der Waals surface area contributed by atoms with Crippen molar-refractivity contribution in [1.29, 1.82) is 0 Å². The SMILES string of the molecule is CNC1c2ccccc2CCC1Sc1nncs1. The van der Waals surface area contributed by atoms with Crippen LogP contribution in [0, 0.1) is 0 Å². The molecule has 5 heteroatoms. The van der Waals surface area contributed by atoms with Crippen molar-refractivity contribution in [2.24, 2.45) is 0 Å². The van der Waals surface area contributed by atoms with E-state index in [9.17, 15) is 0 Å². The molecule has 3 rings (SSSR count). The van der Waals surface area contributed by atoms with E-state index in [4.69, 9.17) is 0 Å². The average Bonchev–Trinajstić information content (AvgIpc) is 2.91. The zero-order valence-corrected chi connectivity index (χ0v) is 11.8. The summed E-state index contributed by atoms with van der Waals surface area (Å²) in [7, 11) is 2.04. The first-order chi connectivity index (χ1) is 8.88. The van der Waals surface area contributed by atoms with Crippen molar-refractivity contribution in [3.8, 4) is 0 Å². The molecule has 0 radical (unpaired) electrons. The summed E-state index contributed by atoms with van der Waals surface area (Å²) in [6, 6.07) is 9.14. The van der Waals surface area contributed by atoms with Crippen LogP contribution in [0.5, 0.6) is 0 Å². The zero-order chi connectivity index (χ0) is 12.4. The highest BCUT2D eigenvalue weighted by Gasteiger charge is 2.29. The van der Waals surface area contributed by atoms with E-state index in [2.05, 4.69) is 39.8 Å². The number of aromatic nitrogens is 2. The fourth-order valence-electron chi connectivity index (χ4n) is 2.54. The van der Waals surface area contributed by atoms with Crippen LogP contribution in [-0.2, 0) is 6.42 Å². The van der Waals surface area contributed by atoms with Crippen LogP contribution in [0.2, 0.25) is 0 Å². The van der Waals surface area contributed by atoms with Gasteiger partial charge in [-0.15, -0.1) is 10.2 Å². The zero-order valence-electron chi connectivity index (χ0n) is 10.2. The molecule has 3 nitrogen and oxygen atoms in total. The summed E-state index contributed by atoms with van der Waals surface area (Å²) < 4.78 is 1.07. The molecule has 0 saturated carbocycles. The molecular formula is C13H15N3S2. The monoisotopic (exact) mass is 277 g/mol. The number of nitrogens with zero attached hydrogens (tertiary/aromatic N) is 2. The molecule has 1 aromatic carbocycles. The lowest BCUT2D eigenvalue weighted by molar-refractivity contribution is 0.510. The predicted octanol–water partition coefficient (Wildman–Crippen LogP) is 2.91. The van der Waals surface area contributed by atoms with Gasteiger partial charge in [0.15, 0.2) is 4.34 Å². The molecule has 1 aromatic heterocycles. The summed E-state index contributed by atoms with van der Waals surface area (Å²) in [5.41, 5.74) is 4.72. The van der Waals surface area contributed by atoms with E-state index < -0.39 is 0 Å². The van der Waals surface area contributed by atoms with Crippen molar-refractivity contribution in [2.75, 3.05) is 7.05 Å². The van der Waals surface area contributed by atoms with Crippen LogP contribution in [0.15, 0.2) is 34.1 Å². The van der Waals surface area contributed by atoms with Gasteiger partial charge in [0.2, 0.25) is 0 Å². The molecule has 0 saturated heterocycles. The summed E-state index contributed by atoms with van der Waals surface area (Å²) in [5, 5.41) is 12.0. The van der Waals surface area contributed by atoms with E-state index in [1.807, 2.05) is 18.8 Å². The van der Waals surface area contributed by atoms with Gasteiger partial charge in [0.05, 0.1) is 0 Å². The maximum atomic E-state index is 4.14. The molecule has 0 bridgehead atoms. The van der Waals surface area contributed by atoms with Gasteiger partial charge in [0, 0.05) is 11.3 Å². The van der Waals surface area contributed by atoms with Gasteiger partial charge < -0.3 is 5.32 Å². The molecule has 2 unspecified atom stereocenters. The van der Waals surface area contributed by atoms with E-state index in [1.165, 1.54) is 17.5 Å². The third-order valence-corrected chi connectivity index (χ3v) is 5.52. The Labute approximate surface area is 115 Å². The average molecular weight is 277 g/mol. The Morgan fingerprint density at radius 1 is 1.39 bits per heavy atom. The van der Waals surface area contributed by atoms with Crippen LogP contribution in [0.1, 0.15) is 23.6 Å². The molecule has 1 aliphatic carbocycles. The quantitative estimate of drug-likeness (QED) is 0.936. The number of benzene rings is 1. The Morgan fingerprint density at radius 2 is 2.28 bits per heavy atom. The van der Waals surface area contributed by atoms with E-state index in [0.29, 0.717) is 11.3 Å². The maximum absolute atomic E-state index is 4.14. The lowest BCUT2D eigenvalue weighted by Gasteiger charge is -2.32. The molecule has 0 spiro atoms. The number of fused-ring (bicyclic) bond motifs is 1. The van der Waals surface area contributed by atoms with Gasteiger partial charge in [0.1, 0.15) is 5.51 Å². The largest absolute Gasteiger partial charge is 0.312 e. The normalized spacial score (nSPS) is 22.7. The van der Waals surface area contributed by atoms with E-state index in [-0.39, 0.29) is 0 Å². The minimum absolute atomic E-state index is 0.406. The van der Waals surface area contributed by atoms with Gasteiger partial charge >= 0.3 is 0 Å². The van der Waals surface area contributed by atoms with Crippen LogP contribution in [0.3, 0.4) is 0 Å². The second-order valence-electron chi connectivity index (χ2n) is 4.36. The molecular weight excluding hydrogens is 262 g/mol. The second kappa shape index (κ2) is 5.38. The van der Waals surface area contributed by atoms with Gasteiger partial charge in [-0.2, -0.15) is 0 Å². The van der Waals surface area contributed by atoms with E-state index >= 15 is 0 Å². The van der Waals surface area contributed by atoms with Crippen LogP contribution >= 0.6 is 23.1 Å². The van der Waals surface area contributed by atoms with Gasteiger partial charge in [-0.1, -0.05) is 47.4 Å².